The van der Waals surface area contributed by atoms with Crippen molar-refractivity contribution >= 4 is 23.2 Å². The molecule has 1 aromatic carbocycles. The third-order valence-electron chi connectivity index (χ3n) is 5.16. The van der Waals surface area contributed by atoms with Crippen LogP contribution in [-0.4, -0.2) is 34.8 Å². The Kier molecular flexibility index (Phi) is 5.95. The average Bonchev–Trinajstić information content (AvgIpc) is 3.00. The third kappa shape index (κ3) is 4.56. The lowest BCUT2D eigenvalue weighted by atomic mass is 9.89. The number of ketones is 1. The summed E-state index contributed by atoms with van der Waals surface area (Å²) in [4.78, 5) is 32.6. The van der Waals surface area contributed by atoms with E-state index in [-0.39, 0.29) is 23.8 Å². The van der Waals surface area contributed by atoms with Crippen molar-refractivity contribution in [3.63, 3.8) is 0 Å². The largest absolute Gasteiger partial charge is 0.331 e. The van der Waals surface area contributed by atoms with Crippen molar-refractivity contribution in [1.82, 2.24) is 15.2 Å². The molecule has 1 atom stereocenters. The fraction of sp³-hybridized carbons (Fsp3) is 0.476. The van der Waals surface area contributed by atoms with Crippen LogP contribution < -0.4 is 5.32 Å². The Bertz CT molecular complexity index is 820. The summed E-state index contributed by atoms with van der Waals surface area (Å²) in [6.45, 7) is 9.19. The van der Waals surface area contributed by atoms with Gasteiger partial charge in [0.1, 0.15) is 0 Å². The first-order chi connectivity index (χ1) is 12.8. The number of amides is 2. The highest BCUT2D eigenvalue weighted by molar-refractivity contribution is 7.11. The van der Waals surface area contributed by atoms with E-state index in [9.17, 15) is 9.59 Å². The molecule has 27 heavy (non-hydrogen) atoms. The summed E-state index contributed by atoms with van der Waals surface area (Å²) in [6.07, 6.45) is 1.43. The molecule has 2 aromatic rings. The molecule has 0 saturated carbocycles. The molecule has 0 unspecified atom stereocenters. The summed E-state index contributed by atoms with van der Waals surface area (Å²) in [6, 6.07) is 7.63. The van der Waals surface area contributed by atoms with Gasteiger partial charge in [0.2, 0.25) is 0 Å². The lowest BCUT2D eigenvalue weighted by Crippen LogP contribution is -2.46. The van der Waals surface area contributed by atoms with Crippen LogP contribution in [0.3, 0.4) is 0 Å². The number of hydrogen-bond donors (Lipinski definition) is 1. The quantitative estimate of drug-likeness (QED) is 0.792. The van der Waals surface area contributed by atoms with E-state index in [1.807, 2.05) is 56.9 Å². The SMILES string of the molecule is Cc1ccc(C(=O)C2CCN(C(=O)N[C@@H](C)c3sc(C)nc3C)CC2)cc1. The number of carbonyl (C=O) groups excluding carboxylic acids is 2. The average molecular weight is 386 g/mol. The van der Waals surface area contributed by atoms with Gasteiger partial charge in [-0.2, -0.15) is 0 Å². The molecule has 1 aromatic heterocycles. The molecule has 0 radical (unpaired) electrons. The van der Waals surface area contributed by atoms with E-state index in [2.05, 4.69) is 10.3 Å². The summed E-state index contributed by atoms with van der Waals surface area (Å²) < 4.78 is 0. The van der Waals surface area contributed by atoms with Crippen LogP contribution in [0.5, 0.6) is 0 Å². The van der Waals surface area contributed by atoms with Crippen molar-refractivity contribution < 1.29 is 9.59 Å². The number of aromatic nitrogens is 1. The van der Waals surface area contributed by atoms with Gasteiger partial charge in [0, 0.05) is 29.4 Å². The standard InChI is InChI=1S/C21H27N3O2S/c1-13-5-7-17(8-6-13)19(25)18-9-11-24(12-10-18)21(26)23-15(3)20-14(2)22-16(4)27-20/h5-8,15,18H,9-12H2,1-4H3,(H,23,26)/t15-/m0/s1. The van der Waals surface area contributed by atoms with Gasteiger partial charge in [-0.25, -0.2) is 9.78 Å². The molecule has 1 N–H and O–H groups in total. The lowest BCUT2D eigenvalue weighted by Gasteiger charge is -2.32. The van der Waals surface area contributed by atoms with Gasteiger partial charge in [-0.1, -0.05) is 29.8 Å². The molecule has 5 nitrogen and oxygen atoms in total. The Labute approximate surface area is 164 Å². The highest BCUT2D eigenvalue weighted by Gasteiger charge is 2.28. The molecule has 144 valence electrons. The number of nitrogens with one attached hydrogen (secondary N) is 1. The van der Waals surface area contributed by atoms with Gasteiger partial charge in [-0.05, 0) is 40.5 Å². The number of hydrogen-bond acceptors (Lipinski definition) is 4. The summed E-state index contributed by atoms with van der Waals surface area (Å²) in [5, 5.41) is 4.09. The molecule has 1 fully saturated rings. The Morgan fingerprint density at radius 3 is 2.33 bits per heavy atom. The predicted octanol–water partition coefficient (Wildman–Crippen LogP) is 4.43. The molecule has 2 heterocycles. The minimum Gasteiger partial charge on any atom is -0.331 e. The van der Waals surface area contributed by atoms with Crippen LogP contribution in [0, 0.1) is 26.7 Å². The number of urea groups is 1. The molecule has 0 spiro atoms. The van der Waals surface area contributed by atoms with E-state index in [1.54, 1.807) is 11.3 Å². The van der Waals surface area contributed by atoms with E-state index < -0.39 is 0 Å². The highest BCUT2D eigenvalue weighted by Crippen LogP contribution is 2.26. The molecule has 0 aliphatic carbocycles. The number of piperidine rings is 1. The van der Waals surface area contributed by atoms with E-state index in [4.69, 9.17) is 0 Å². The molecule has 1 aliphatic rings. The molecule has 0 bridgehead atoms. The van der Waals surface area contributed by atoms with E-state index in [0.717, 1.165) is 26.7 Å². The highest BCUT2D eigenvalue weighted by atomic mass is 32.1. The van der Waals surface area contributed by atoms with Crippen molar-refractivity contribution in [3.05, 3.63) is 51.0 Å². The Balaban J connectivity index is 1.54. The van der Waals surface area contributed by atoms with Gasteiger partial charge in [0.25, 0.3) is 0 Å². The van der Waals surface area contributed by atoms with Crippen LogP contribution in [0.25, 0.3) is 0 Å². The summed E-state index contributed by atoms with van der Waals surface area (Å²) in [5.41, 5.74) is 2.90. The molecule has 6 heteroatoms. The zero-order chi connectivity index (χ0) is 19.6. The number of thiazole rings is 1. The van der Waals surface area contributed by atoms with Crippen LogP contribution in [0.4, 0.5) is 4.79 Å². The number of benzene rings is 1. The zero-order valence-electron chi connectivity index (χ0n) is 16.4. The first kappa shape index (κ1) is 19.5. The fourth-order valence-electron chi connectivity index (χ4n) is 3.59. The van der Waals surface area contributed by atoms with Crippen LogP contribution in [0.1, 0.15) is 57.3 Å². The number of aryl methyl sites for hydroxylation is 3. The van der Waals surface area contributed by atoms with Crippen molar-refractivity contribution in [2.45, 2.75) is 46.6 Å². The summed E-state index contributed by atoms with van der Waals surface area (Å²) in [7, 11) is 0. The first-order valence-corrected chi connectivity index (χ1v) is 10.3. The van der Waals surface area contributed by atoms with E-state index in [1.165, 1.54) is 0 Å². The summed E-state index contributed by atoms with van der Waals surface area (Å²) >= 11 is 1.62. The van der Waals surface area contributed by atoms with Gasteiger partial charge >= 0.3 is 6.03 Å². The number of likely N-dealkylation sites (tertiary alicyclic amines) is 1. The third-order valence-corrected chi connectivity index (χ3v) is 6.42. The predicted molar refractivity (Wildman–Crippen MR) is 108 cm³/mol. The molecular formula is C21H27N3O2S. The molecule has 3 rings (SSSR count). The number of Topliss-reactive ketones (excluding diaryl/α,β-unsaturated/α-hetero) is 1. The molecular weight excluding hydrogens is 358 g/mol. The maximum Gasteiger partial charge on any atom is 0.317 e. The van der Waals surface area contributed by atoms with Gasteiger partial charge in [0.15, 0.2) is 5.78 Å². The molecule has 2 amide bonds. The van der Waals surface area contributed by atoms with E-state index >= 15 is 0 Å². The minimum absolute atomic E-state index is 0.000527. The van der Waals surface area contributed by atoms with Crippen LogP contribution in [0.15, 0.2) is 24.3 Å². The number of rotatable bonds is 4. The Hall–Kier alpha value is -2.21. The smallest absolute Gasteiger partial charge is 0.317 e. The zero-order valence-corrected chi connectivity index (χ0v) is 17.2. The van der Waals surface area contributed by atoms with Crippen molar-refractivity contribution in [3.8, 4) is 0 Å². The maximum atomic E-state index is 12.7. The Morgan fingerprint density at radius 2 is 1.78 bits per heavy atom. The monoisotopic (exact) mass is 385 g/mol. The van der Waals surface area contributed by atoms with Gasteiger partial charge in [-0.3, -0.25) is 4.79 Å². The van der Waals surface area contributed by atoms with Crippen molar-refractivity contribution in [2.75, 3.05) is 13.1 Å². The second-order valence-corrected chi connectivity index (χ2v) is 8.58. The second-order valence-electron chi connectivity index (χ2n) is 7.35. The van der Waals surface area contributed by atoms with Gasteiger partial charge in [-0.15, -0.1) is 11.3 Å². The Morgan fingerprint density at radius 1 is 1.15 bits per heavy atom. The van der Waals surface area contributed by atoms with Crippen molar-refractivity contribution in [2.24, 2.45) is 5.92 Å². The fourth-order valence-corrected chi connectivity index (χ4v) is 4.52. The maximum absolute atomic E-state index is 12.7. The lowest BCUT2D eigenvalue weighted by molar-refractivity contribution is 0.0853. The summed E-state index contributed by atoms with van der Waals surface area (Å²) in [5.74, 6) is 0.194. The van der Waals surface area contributed by atoms with Crippen LogP contribution >= 0.6 is 11.3 Å². The molecule has 1 aliphatic heterocycles. The van der Waals surface area contributed by atoms with Crippen LogP contribution in [-0.2, 0) is 0 Å². The normalized spacial score (nSPS) is 16.2. The molecule has 1 saturated heterocycles. The van der Waals surface area contributed by atoms with Gasteiger partial charge in [0.05, 0.1) is 16.7 Å². The van der Waals surface area contributed by atoms with Gasteiger partial charge < -0.3 is 10.2 Å². The first-order valence-electron chi connectivity index (χ1n) is 9.45. The topological polar surface area (TPSA) is 62.3 Å². The minimum atomic E-state index is -0.0609. The van der Waals surface area contributed by atoms with Crippen molar-refractivity contribution in [1.29, 1.82) is 0 Å². The number of nitrogens with zero attached hydrogens (tertiary/aromatic N) is 2. The second kappa shape index (κ2) is 8.21. The van der Waals surface area contributed by atoms with E-state index in [0.29, 0.717) is 25.9 Å². The van der Waals surface area contributed by atoms with Crippen LogP contribution in [0.2, 0.25) is 0 Å². The number of carbonyl (C=O) groups is 2.